The molecule has 0 radical (unpaired) electrons. The summed E-state index contributed by atoms with van der Waals surface area (Å²) in [6.07, 6.45) is -0.422. The largest absolute Gasteiger partial charge is 0.441 e. The van der Waals surface area contributed by atoms with Gasteiger partial charge >= 0.3 is 6.18 Å². The molecular weight excluding hydrogens is 409 g/mol. The molecule has 1 fully saturated rings. The van der Waals surface area contributed by atoms with E-state index >= 15 is 0 Å². The molecule has 0 bridgehead atoms. The predicted molar refractivity (Wildman–Crippen MR) is 109 cm³/mol. The number of allylic oxidation sites excluding steroid dienone is 1. The first kappa shape index (κ1) is 19.7. The molecule has 0 saturated carbocycles. The topological polar surface area (TPSA) is 55.6 Å². The van der Waals surface area contributed by atoms with E-state index < -0.39 is 11.2 Å². The molecule has 4 aliphatic heterocycles. The van der Waals surface area contributed by atoms with Crippen LogP contribution in [-0.4, -0.2) is 70.5 Å². The van der Waals surface area contributed by atoms with Crippen LogP contribution in [0.3, 0.4) is 0 Å². The molecule has 1 atom stereocenters. The first-order chi connectivity index (χ1) is 13.3. The molecular formula is C17H21F3N6S2. The fraction of sp³-hybridized carbons (Fsp3) is 0.588. The van der Waals surface area contributed by atoms with Crippen molar-refractivity contribution in [3.8, 4) is 0 Å². The Morgan fingerprint density at radius 3 is 2.46 bits per heavy atom. The van der Waals surface area contributed by atoms with E-state index in [1.165, 1.54) is 10.5 Å². The highest BCUT2D eigenvalue weighted by Gasteiger charge is 2.39. The summed E-state index contributed by atoms with van der Waals surface area (Å²) < 4.78 is 38.0. The Kier molecular flexibility index (Phi) is 5.38. The lowest BCUT2D eigenvalue weighted by Gasteiger charge is -2.39. The van der Waals surface area contributed by atoms with Gasteiger partial charge in [0.15, 0.2) is 0 Å². The van der Waals surface area contributed by atoms with Crippen molar-refractivity contribution in [3.05, 3.63) is 22.4 Å². The summed E-state index contributed by atoms with van der Waals surface area (Å²) in [6.45, 7) is 7.29. The Labute approximate surface area is 170 Å². The van der Waals surface area contributed by atoms with E-state index in [1.807, 2.05) is 4.90 Å². The van der Waals surface area contributed by atoms with Gasteiger partial charge < -0.3 is 15.1 Å². The lowest BCUT2D eigenvalue weighted by Crippen LogP contribution is -2.51. The summed E-state index contributed by atoms with van der Waals surface area (Å²) in [4.78, 5) is 10.2. The van der Waals surface area contributed by atoms with Gasteiger partial charge in [-0.2, -0.15) is 13.2 Å². The number of rotatable bonds is 2. The normalized spacial score (nSPS) is 25.5. The third kappa shape index (κ3) is 3.91. The van der Waals surface area contributed by atoms with Crippen LogP contribution in [0.2, 0.25) is 0 Å². The molecule has 11 heteroatoms. The molecule has 28 heavy (non-hydrogen) atoms. The van der Waals surface area contributed by atoms with E-state index in [4.69, 9.17) is 0 Å². The summed E-state index contributed by atoms with van der Waals surface area (Å²) in [5.41, 5.74) is 1.20. The number of halogens is 3. The molecule has 0 spiro atoms. The lowest BCUT2D eigenvalue weighted by molar-refractivity contribution is -0.0556. The Morgan fingerprint density at radius 1 is 1.14 bits per heavy atom. The predicted octanol–water partition coefficient (Wildman–Crippen LogP) is 3.08. The number of aliphatic imine (C=N–C) groups is 1. The van der Waals surface area contributed by atoms with E-state index in [9.17, 15) is 13.2 Å². The third-order valence-corrected chi connectivity index (χ3v) is 7.31. The lowest BCUT2D eigenvalue weighted by atomic mass is 10.1. The number of thioether (sulfide) groups is 2. The first-order valence-corrected chi connectivity index (χ1v) is 10.9. The van der Waals surface area contributed by atoms with E-state index in [0.717, 1.165) is 18.9 Å². The van der Waals surface area contributed by atoms with Crippen LogP contribution in [0, 0.1) is 5.92 Å². The number of nitrogens with one attached hydrogen (secondary N) is 1. The van der Waals surface area contributed by atoms with Gasteiger partial charge in [-0.05, 0) is 16.9 Å². The summed E-state index contributed by atoms with van der Waals surface area (Å²) in [5.74, 6) is 2.38. The maximum Gasteiger partial charge on any atom is 0.441 e. The Balaban J connectivity index is 1.43. The van der Waals surface area contributed by atoms with Crippen molar-refractivity contribution >= 4 is 40.7 Å². The van der Waals surface area contributed by atoms with Crippen LogP contribution in [0.5, 0.6) is 0 Å². The van der Waals surface area contributed by atoms with Gasteiger partial charge in [0.25, 0.3) is 0 Å². The number of alkyl halides is 3. The quantitative estimate of drug-likeness (QED) is 0.730. The Bertz CT molecular complexity index is 791. The van der Waals surface area contributed by atoms with Crippen LogP contribution in [0.1, 0.15) is 13.8 Å². The van der Waals surface area contributed by atoms with Gasteiger partial charge in [-0.25, -0.2) is 0 Å². The number of hydrogen-bond donors (Lipinski definition) is 1. The first-order valence-electron chi connectivity index (χ1n) is 9.08. The van der Waals surface area contributed by atoms with E-state index in [0.29, 0.717) is 36.6 Å². The highest BCUT2D eigenvalue weighted by molar-refractivity contribution is 8.14. The second kappa shape index (κ2) is 7.66. The van der Waals surface area contributed by atoms with Crippen LogP contribution in [-0.2, 0) is 0 Å². The molecule has 1 N–H and O–H groups in total. The van der Waals surface area contributed by atoms with Gasteiger partial charge in [-0.15, -0.1) is 10.2 Å². The van der Waals surface area contributed by atoms with Crippen LogP contribution in [0.25, 0.3) is 0 Å². The van der Waals surface area contributed by atoms with E-state index in [2.05, 4.69) is 45.3 Å². The Hall–Kier alpha value is -1.62. The highest BCUT2D eigenvalue weighted by Crippen LogP contribution is 2.42. The van der Waals surface area contributed by atoms with Crippen molar-refractivity contribution in [1.29, 1.82) is 0 Å². The summed E-state index contributed by atoms with van der Waals surface area (Å²) >= 11 is 2.50. The van der Waals surface area contributed by atoms with Gasteiger partial charge in [0.05, 0.1) is 12.1 Å². The SMILES string of the molecule is CC(C)C1=CC2=C(N3CCN(C4=NN=C(C(F)(F)F)SC4)CC3)NC=NC2S1. The van der Waals surface area contributed by atoms with Crippen LogP contribution in [0.15, 0.2) is 37.6 Å². The molecule has 152 valence electrons. The number of amidine groups is 1. The minimum atomic E-state index is -4.42. The molecule has 6 nitrogen and oxygen atoms in total. The number of fused-ring (bicyclic) bond motifs is 1. The molecule has 0 aromatic rings. The van der Waals surface area contributed by atoms with Gasteiger partial charge in [-0.3, -0.25) is 4.99 Å². The van der Waals surface area contributed by atoms with Crippen molar-refractivity contribution in [2.75, 3.05) is 31.9 Å². The molecule has 0 aliphatic carbocycles. The van der Waals surface area contributed by atoms with Crippen molar-refractivity contribution in [2.45, 2.75) is 25.4 Å². The van der Waals surface area contributed by atoms with Crippen LogP contribution in [0.4, 0.5) is 13.2 Å². The highest BCUT2D eigenvalue weighted by atomic mass is 32.2. The zero-order chi connectivity index (χ0) is 19.9. The maximum absolute atomic E-state index is 12.7. The summed E-state index contributed by atoms with van der Waals surface area (Å²) in [5, 5.41) is 9.74. The maximum atomic E-state index is 12.7. The molecule has 4 heterocycles. The smallest absolute Gasteiger partial charge is 0.354 e. The third-order valence-electron chi connectivity index (χ3n) is 4.86. The summed E-state index contributed by atoms with van der Waals surface area (Å²) in [7, 11) is 0. The molecule has 4 rings (SSSR count). The average Bonchev–Trinajstić information content (AvgIpc) is 3.12. The second-order valence-electron chi connectivity index (χ2n) is 7.08. The van der Waals surface area contributed by atoms with E-state index in [1.54, 1.807) is 18.1 Å². The number of hydrogen-bond acceptors (Lipinski definition) is 8. The van der Waals surface area contributed by atoms with Crippen molar-refractivity contribution in [3.63, 3.8) is 0 Å². The second-order valence-corrected chi connectivity index (χ2v) is 9.20. The number of nitrogens with zero attached hydrogens (tertiary/aromatic N) is 5. The molecule has 0 amide bonds. The Morgan fingerprint density at radius 2 is 1.86 bits per heavy atom. The number of piperazine rings is 1. The molecule has 1 saturated heterocycles. The molecule has 4 aliphatic rings. The van der Waals surface area contributed by atoms with Crippen LogP contribution < -0.4 is 5.32 Å². The van der Waals surface area contributed by atoms with E-state index in [-0.39, 0.29) is 11.1 Å². The zero-order valence-electron chi connectivity index (χ0n) is 15.5. The van der Waals surface area contributed by atoms with Gasteiger partial charge in [-0.1, -0.05) is 37.4 Å². The van der Waals surface area contributed by atoms with Crippen molar-refractivity contribution in [2.24, 2.45) is 21.1 Å². The van der Waals surface area contributed by atoms with Crippen molar-refractivity contribution < 1.29 is 13.2 Å². The molecule has 0 aromatic heterocycles. The van der Waals surface area contributed by atoms with Gasteiger partial charge in [0, 0.05) is 31.8 Å². The van der Waals surface area contributed by atoms with Crippen LogP contribution >= 0.6 is 23.5 Å². The van der Waals surface area contributed by atoms with Gasteiger partial charge in [0.2, 0.25) is 5.04 Å². The standard InChI is InChI=1S/C17H21F3N6S2/c1-10(2)12-7-11-14(21-9-22-15(11)28-12)26-5-3-25(4-6-26)13-8-27-16(24-23-13)17(18,19)20/h7,9-10,15H,3-6,8H2,1-2H3,(H,21,22). The monoisotopic (exact) mass is 430 g/mol. The zero-order valence-corrected chi connectivity index (χ0v) is 17.2. The minimum Gasteiger partial charge on any atom is -0.354 e. The van der Waals surface area contributed by atoms with Crippen molar-refractivity contribution in [1.82, 2.24) is 15.1 Å². The minimum absolute atomic E-state index is 0.112. The molecule has 1 unspecified atom stereocenters. The fourth-order valence-corrected chi connectivity index (χ4v) is 5.27. The average molecular weight is 431 g/mol. The summed E-state index contributed by atoms with van der Waals surface area (Å²) in [6, 6.07) is 0. The molecule has 0 aromatic carbocycles. The fourth-order valence-electron chi connectivity index (χ4n) is 3.35. The van der Waals surface area contributed by atoms with Gasteiger partial charge in [0.1, 0.15) is 17.0 Å².